The minimum absolute atomic E-state index is 0.0618. The molecule has 3 aromatic carbocycles. The molecule has 0 aliphatic carbocycles. The van der Waals surface area contributed by atoms with Crippen LogP contribution in [-0.4, -0.2) is 20.2 Å². The van der Waals surface area contributed by atoms with Crippen LogP contribution in [0.25, 0.3) is 11.1 Å². The molecule has 4 nitrogen and oxygen atoms in total. The molecule has 0 fully saturated rings. The smallest absolute Gasteiger partial charge is 0.306 e. The SMILES string of the molecule is COC(=O)CC(C)c1ccc(OCc2ccc(C(C)(C)C)c(-c3cc(OC)ccc3F)c2)cc1. The molecule has 0 spiro atoms. The highest BCUT2D eigenvalue weighted by molar-refractivity contribution is 5.71. The molecule has 0 aliphatic heterocycles. The van der Waals surface area contributed by atoms with Gasteiger partial charge in [-0.3, -0.25) is 4.79 Å². The lowest BCUT2D eigenvalue weighted by Gasteiger charge is -2.24. The van der Waals surface area contributed by atoms with Crippen molar-refractivity contribution in [2.75, 3.05) is 14.2 Å². The first kappa shape index (κ1) is 25.3. The maximum atomic E-state index is 14.8. The van der Waals surface area contributed by atoms with Crippen LogP contribution in [0.4, 0.5) is 4.39 Å². The number of methoxy groups -OCH3 is 2. The number of rotatable bonds is 8. The average molecular weight is 465 g/mol. The summed E-state index contributed by atoms with van der Waals surface area (Å²) in [6.45, 7) is 8.68. The Morgan fingerprint density at radius 2 is 1.59 bits per heavy atom. The highest BCUT2D eigenvalue weighted by atomic mass is 19.1. The number of halogens is 1. The first-order valence-corrected chi connectivity index (χ1v) is 11.4. The van der Waals surface area contributed by atoms with E-state index in [1.54, 1.807) is 19.2 Å². The van der Waals surface area contributed by atoms with Gasteiger partial charge in [0.15, 0.2) is 0 Å². The summed E-state index contributed by atoms with van der Waals surface area (Å²) in [5, 5.41) is 0. The van der Waals surface area contributed by atoms with Crippen LogP contribution in [0, 0.1) is 5.82 Å². The molecule has 34 heavy (non-hydrogen) atoms. The maximum Gasteiger partial charge on any atom is 0.306 e. The standard InChI is InChI=1S/C29H33FO4/c1-19(15-28(31)33-6)21-8-10-22(11-9-21)34-18-20-7-13-26(29(2,3)4)24(16-20)25-17-23(32-5)12-14-27(25)30/h7-14,16-17,19H,15,18H2,1-6H3. The van der Waals surface area contributed by atoms with Gasteiger partial charge in [-0.2, -0.15) is 0 Å². The van der Waals surface area contributed by atoms with Crippen molar-refractivity contribution in [1.82, 2.24) is 0 Å². The van der Waals surface area contributed by atoms with Crippen molar-refractivity contribution in [1.29, 1.82) is 0 Å². The molecule has 0 aliphatic rings. The fraction of sp³-hybridized carbons (Fsp3) is 0.345. The van der Waals surface area contributed by atoms with Gasteiger partial charge < -0.3 is 14.2 Å². The Labute approximate surface area is 201 Å². The van der Waals surface area contributed by atoms with Crippen LogP contribution in [0.5, 0.6) is 11.5 Å². The third-order valence-electron chi connectivity index (χ3n) is 5.91. The van der Waals surface area contributed by atoms with E-state index >= 15 is 0 Å². The van der Waals surface area contributed by atoms with Gasteiger partial charge in [-0.25, -0.2) is 4.39 Å². The summed E-state index contributed by atoms with van der Waals surface area (Å²) in [5.74, 6) is 0.880. The molecule has 0 heterocycles. The second kappa shape index (κ2) is 10.7. The molecule has 0 saturated carbocycles. The van der Waals surface area contributed by atoms with Gasteiger partial charge in [0.05, 0.1) is 20.6 Å². The van der Waals surface area contributed by atoms with E-state index in [0.29, 0.717) is 24.3 Å². The van der Waals surface area contributed by atoms with Crippen LogP contribution in [0.3, 0.4) is 0 Å². The number of ether oxygens (including phenoxy) is 3. The minimum Gasteiger partial charge on any atom is -0.497 e. The second-order valence-corrected chi connectivity index (χ2v) is 9.51. The van der Waals surface area contributed by atoms with Gasteiger partial charge >= 0.3 is 5.97 Å². The molecule has 3 aromatic rings. The average Bonchev–Trinajstić information content (AvgIpc) is 2.82. The number of carbonyl (C=O) groups excluding carboxylic acids is 1. The molecule has 0 saturated heterocycles. The number of hydrogen-bond donors (Lipinski definition) is 0. The van der Waals surface area contributed by atoms with E-state index < -0.39 is 0 Å². The fourth-order valence-corrected chi connectivity index (χ4v) is 3.91. The van der Waals surface area contributed by atoms with Crippen molar-refractivity contribution >= 4 is 5.97 Å². The Kier molecular flexibility index (Phi) is 7.98. The third-order valence-corrected chi connectivity index (χ3v) is 5.91. The lowest BCUT2D eigenvalue weighted by atomic mass is 9.81. The summed E-state index contributed by atoms with van der Waals surface area (Å²) in [5.41, 5.74) is 4.21. The molecule has 1 atom stereocenters. The molecule has 180 valence electrons. The van der Waals surface area contributed by atoms with Gasteiger partial charge in [-0.15, -0.1) is 0 Å². The minimum atomic E-state index is -0.291. The van der Waals surface area contributed by atoms with E-state index in [1.165, 1.54) is 13.2 Å². The zero-order valence-electron chi connectivity index (χ0n) is 20.8. The zero-order chi connectivity index (χ0) is 24.9. The van der Waals surface area contributed by atoms with Gasteiger partial charge in [-0.1, -0.05) is 52.0 Å². The van der Waals surface area contributed by atoms with Gasteiger partial charge in [0.2, 0.25) is 0 Å². The predicted octanol–water partition coefficient (Wildman–Crippen LogP) is 7.04. The van der Waals surface area contributed by atoms with E-state index in [0.717, 1.165) is 28.0 Å². The highest BCUT2D eigenvalue weighted by Gasteiger charge is 2.21. The summed E-state index contributed by atoms with van der Waals surface area (Å²) in [6, 6.07) is 18.6. The highest BCUT2D eigenvalue weighted by Crippen LogP contribution is 2.37. The normalized spacial score (nSPS) is 12.2. The van der Waals surface area contributed by atoms with Gasteiger partial charge in [-0.05, 0) is 70.0 Å². The Morgan fingerprint density at radius 3 is 2.21 bits per heavy atom. The van der Waals surface area contributed by atoms with Crippen LogP contribution in [0.15, 0.2) is 60.7 Å². The van der Waals surface area contributed by atoms with Crippen LogP contribution in [0.1, 0.15) is 56.7 Å². The van der Waals surface area contributed by atoms with Crippen LogP contribution in [0.2, 0.25) is 0 Å². The molecular formula is C29H33FO4. The molecule has 0 amide bonds. The Bertz CT molecular complexity index is 1130. The van der Waals surface area contributed by atoms with E-state index in [9.17, 15) is 9.18 Å². The Balaban J connectivity index is 1.82. The van der Waals surface area contributed by atoms with Crippen molar-refractivity contribution in [2.45, 2.75) is 52.1 Å². The molecule has 5 heteroatoms. The van der Waals surface area contributed by atoms with Crippen molar-refractivity contribution in [3.05, 3.63) is 83.2 Å². The van der Waals surface area contributed by atoms with Crippen molar-refractivity contribution in [3.8, 4) is 22.6 Å². The molecule has 0 N–H and O–H groups in total. The summed E-state index contributed by atoms with van der Waals surface area (Å²) in [7, 11) is 2.97. The van der Waals surface area contributed by atoms with Crippen molar-refractivity contribution in [3.63, 3.8) is 0 Å². The van der Waals surface area contributed by atoms with Crippen molar-refractivity contribution in [2.24, 2.45) is 0 Å². The second-order valence-electron chi connectivity index (χ2n) is 9.51. The molecule has 3 rings (SSSR count). The largest absolute Gasteiger partial charge is 0.497 e. The quantitative estimate of drug-likeness (QED) is 0.335. The number of carbonyl (C=O) groups is 1. The number of esters is 1. The molecule has 1 unspecified atom stereocenters. The maximum absolute atomic E-state index is 14.8. The number of hydrogen-bond acceptors (Lipinski definition) is 4. The summed E-state index contributed by atoms with van der Waals surface area (Å²) in [6.07, 6.45) is 0.334. The Hall–Kier alpha value is -3.34. The Morgan fingerprint density at radius 1 is 0.912 bits per heavy atom. The molecule has 0 radical (unpaired) electrons. The first-order chi connectivity index (χ1) is 16.1. The zero-order valence-corrected chi connectivity index (χ0v) is 20.8. The number of benzene rings is 3. The topological polar surface area (TPSA) is 44.8 Å². The van der Waals surface area contributed by atoms with Gasteiger partial charge in [0.25, 0.3) is 0 Å². The van der Waals surface area contributed by atoms with Crippen molar-refractivity contribution < 1.29 is 23.4 Å². The first-order valence-electron chi connectivity index (χ1n) is 11.4. The lowest BCUT2D eigenvalue weighted by Crippen LogP contribution is -2.13. The monoisotopic (exact) mass is 464 g/mol. The summed E-state index contributed by atoms with van der Waals surface area (Å²) in [4.78, 5) is 11.5. The molecule has 0 aromatic heterocycles. The van der Waals surface area contributed by atoms with Crippen LogP contribution < -0.4 is 9.47 Å². The van der Waals surface area contributed by atoms with Crippen LogP contribution in [-0.2, 0) is 21.6 Å². The lowest BCUT2D eigenvalue weighted by molar-refractivity contribution is -0.140. The van der Waals surface area contributed by atoms with Gasteiger partial charge in [0, 0.05) is 5.56 Å². The van der Waals surface area contributed by atoms with E-state index in [-0.39, 0.29) is 23.1 Å². The van der Waals surface area contributed by atoms with E-state index in [2.05, 4.69) is 20.8 Å². The van der Waals surface area contributed by atoms with E-state index in [4.69, 9.17) is 14.2 Å². The summed E-state index contributed by atoms with van der Waals surface area (Å²) >= 11 is 0. The fourth-order valence-electron chi connectivity index (χ4n) is 3.91. The van der Waals surface area contributed by atoms with Gasteiger partial charge in [0.1, 0.15) is 23.9 Å². The predicted molar refractivity (Wildman–Crippen MR) is 133 cm³/mol. The molecular weight excluding hydrogens is 431 g/mol. The van der Waals surface area contributed by atoms with E-state index in [1.807, 2.05) is 49.4 Å². The summed E-state index contributed by atoms with van der Waals surface area (Å²) < 4.78 is 30.9. The van der Waals surface area contributed by atoms with Crippen LogP contribution >= 0.6 is 0 Å². The molecule has 0 bridgehead atoms. The third kappa shape index (κ3) is 6.16.